The lowest BCUT2D eigenvalue weighted by Crippen LogP contribution is -2.12. The van der Waals surface area contributed by atoms with E-state index < -0.39 is 0 Å². The zero-order valence-electron chi connectivity index (χ0n) is 11.8. The fraction of sp³-hybridized carbons (Fsp3) is 0.357. The van der Waals surface area contributed by atoms with Crippen LogP contribution in [0.25, 0.3) is 5.69 Å². The summed E-state index contributed by atoms with van der Waals surface area (Å²) < 4.78 is 6.84. The molecule has 0 atom stereocenters. The van der Waals surface area contributed by atoms with Crippen LogP contribution >= 0.6 is 0 Å². The maximum absolute atomic E-state index is 11.9. The highest BCUT2D eigenvalue weighted by Gasteiger charge is 2.13. The summed E-state index contributed by atoms with van der Waals surface area (Å²) in [6.07, 6.45) is -0.150. The van der Waals surface area contributed by atoms with Gasteiger partial charge in [0.25, 0.3) is 0 Å². The number of hydrogen-bond donors (Lipinski definition) is 1. The van der Waals surface area contributed by atoms with E-state index in [9.17, 15) is 4.79 Å². The molecular weight excluding hydrogens is 256 g/mol. The fourth-order valence-corrected chi connectivity index (χ4v) is 1.84. The third-order valence-electron chi connectivity index (χ3n) is 2.85. The molecule has 0 amide bonds. The number of hydrogen-bond acceptors (Lipinski definition) is 5. The molecule has 106 valence electrons. The molecule has 0 aliphatic heterocycles. The van der Waals surface area contributed by atoms with Crippen molar-refractivity contribution in [2.75, 3.05) is 0 Å². The first-order valence-corrected chi connectivity index (χ1v) is 6.45. The van der Waals surface area contributed by atoms with Crippen molar-refractivity contribution in [2.24, 2.45) is 5.73 Å². The number of benzene rings is 1. The Bertz CT molecular complexity index is 619. The average molecular weight is 274 g/mol. The number of carbonyl (C=O) groups excluding carboxylic acids is 1. The van der Waals surface area contributed by atoms with Crippen molar-refractivity contribution in [2.45, 2.75) is 33.4 Å². The van der Waals surface area contributed by atoms with Crippen LogP contribution in [0.2, 0.25) is 0 Å². The van der Waals surface area contributed by atoms with Gasteiger partial charge in [0.05, 0.1) is 28.7 Å². The minimum atomic E-state index is -0.348. The molecule has 0 aliphatic carbocycles. The van der Waals surface area contributed by atoms with Crippen LogP contribution < -0.4 is 5.73 Å². The first-order chi connectivity index (χ1) is 9.52. The zero-order chi connectivity index (χ0) is 14.7. The summed E-state index contributed by atoms with van der Waals surface area (Å²) in [4.78, 5) is 11.9. The van der Waals surface area contributed by atoms with Crippen molar-refractivity contribution in [3.05, 3.63) is 41.2 Å². The van der Waals surface area contributed by atoms with Crippen LogP contribution in [0, 0.1) is 6.92 Å². The molecule has 0 bridgehead atoms. The Hall–Kier alpha value is -2.21. The van der Waals surface area contributed by atoms with Crippen LogP contribution in [-0.2, 0) is 11.3 Å². The maximum Gasteiger partial charge on any atom is 0.338 e. The SMILES string of the molecule is Cc1c(CN)nnn1-c1cccc(C(=O)OC(C)C)c1. The summed E-state index contributed by atoms with van der Waals surface area (Å²) >= 11 is 0. The molecule has 1 aromatic heterocycles. The van der Waals surface area contributed by atoms with Crippen LogP contribution in [0.5, 0.6) is 0 Å². The predicted molar refractivity (Wildman–Crippen MR) is 74.5 cm³/mol. The largest absolute Gasteiger partial charge is 0.459 e. The van der Waals surface area contributed by atoms with E-state index in [-0.39, 0.29) is 12.1 Å². The second-order valence-electron chi connectivity index (χ2n) is 4.74. The standard InChI is InChI=1S/C14H18N4O2/c1-9(2)20-14(19)11-5-4-6-12(7-11)18-10(3)13(8-15)16-17-18/h4-7,9H,8,15H2,1-3H3. The van der Waals surface area contributed by atoms with Crippen LogP contribution in [-0.4, -0.2) is 27.1 Å². The van der Waals surface area contributed by atoms with Gasteiger partial charge < -0.3 is 10.5 Å². The van der Waals surface area contributed by atoms with E-state index in [2.05, 4.69) is 10.3 Å². The predicted octanol–water partition coefficient (Wildman–Crippen LogP) is 1.60. The summed E-state index contributed by atoms with van der Waals surface area (Å²) in [6, 6.07) is 7.08. The van der Waals surface area contributed by atoms with E-state index in [0.717, 1.165) is 17.1 Å². The average Bonchev–Trinajstić information content (AvgIpc) is 2.79. The molecule has 6 heteroatoms. The summed E-state index contributed by atoms with van der Waals surface area (Å²) in [7, 11) is 0. The van der Waals surface area contributed by atoms with Crippen molar-refractivity contribution >= 4 is 5.97 Å². The fourth-order valence-electron chi connectivity index (χ4n) is 1.84. The highest BCUT2D eigenvalue weighted by atomic mass is 16.5. The third-order valence-corrected chi connectivity index (χ3v) is 2.85. The normalized spacial score (nSPS) is 10.8. The molecule has 20 heavy (non-hydrogen) atoms. The van der Waals surface area contributed by atoms with Gasteiger partial charge in [-0.15, -0.1) is 5.10 Å². The molecule has 0 radical (unpaired) electrons. The van der Waals surface area contributed by atoms with E-state index in [1.165, 1.54) is 0 Å². The number of ether oxygens (including phenoxy) is 1. The molecule has 0 unspecified atom stereocenters. The van der Waals surface area contributed by atoms with Gasteiger partial charge in [0, 0.05) is 6.54 Å². The summed E-state index contributed by atoms with van der Waals surface area (Å²) in [6.45, 7) is 5.86. The summed E-state index contributed by atoms with van der Waals surface area (Å²) in [5, 5.41) is 8.06. The zero-order valence-corrected chi connectivity index (χ0v) is 11.8. The maximum atomic E-state index is 11.9. The Morgan fingerprint density at radius 3 is 2.80 bits per heavy atom. The molecular formula is C14H18N4O2. The number of nitrogens with zero attached hydrogens (tertiary/aromatic N) is 3. The van der Waals surface area contributed by atoms with Gasteiger partial charge in [0.2, 0.25) is 0 Å². The molecule has 0 fully saturated rings. The lowest BCUT2D eigenvalue weighted by atomic mass is 10.2. The first kappa shape index (κ1) is 14.2. The van der Waals surface area contributed by atoms with Crippen LogP contribution in [0.4, 0.5) is 0 Å². The van der Waals surface area contributed by atoms with Crippen LogP contribution in [0.3, 0.4) is 0 Å². The van der Waals surface area contributed by atoms with E-state index in [4.69, 9.17) is 10.5 Å². The second kappa shape index (κ2) is 5.83. The number of carbonyl (C=O) groups is 1. The van der Waals surface area contributed by atoms with Gasteiger partial charge in [0.15, 0.2) is 0 Å². The lowest BCUT2D eigenvalue weighted by molar-refractivity contribution is 0.0378. The van der Waals surface area contributed by atoms with E-state index >= 15 is 0 Å². The quantitative estimate of drug-likeness (QED) is 0.856. The van der Waals surface area contributed by atoms with Crippen molar-refractivity contribution in [1.29, 1.82) is 0 Å². The second-order valence-corrected chi connectivity index (χ2v) is 4.74. The van der Waals surface area contributed by atoms with Gasteiger partial charge in [-0.05, 0) is 39.0 Å². The van der Waals surface area contributed by atoms with E-state index in [1.54, 1.807) is 22.9 Å². The Kier molecular flexibility index (Phi) is 4.14. The molecule has 2 rings (SSSR count). The van der Waals surface area contributed by atoms with Crippen molar-refractivity contribution in [3.63, 3.8) is 0 Å². The van der Waals surface area contributed by atoms with Gasteiger partial charge in [-0.2, -0.15) is 0 Å². The monoisotopic (exact) mass is 274 g/mol. The Balaban J connectivity index is 2.34. The topological polar surface area (TPSA) is 83.0 Å². The van der Waals surface area contributed by atoms with Gasteiger partial charge in [0.1, 0.15) is 0 Å². The molecule has 0 aliphatic rings. The third kappa shape index (κ3) is 2.85. The molecule has 2 N–H and O–H groups in total. The minimum Gasteiger partial charge on any atom is -0.459 e. The van der Waals surface area contributed by atoms with Gasteiger partial charge in [-0.25, -0.2) is 9.48 Å². The van der Waals surface area contributed by atoms with Gasteiger partial charge in [-0.3, -0.25) is 0 Å². The number of esters is 1. The van der Waals surface area contributed by atoms with E-state index in [0.29, 0.717) is 12.1 Å². The molecule has 1 aromatic carbocycles. The molecule has 2 aromatic rings. The molecule has 0 spiro atoms. The summed E-state index contributed by atoms with van der Waals surface area (Å²) in [5.41, 5.74) is 8.43. The van der Waals surface area contributed by atoms with Gasteiger partial charge in [-0.1, -0.05) is 11.3 Å². The number of nitrogens with two attached hydrogens (primary N) is 1. The highest BCUT2D eigenvalue weighted by molar-refractivity contribution is 5.90. The Morgan fingerprint density at radius 2 is 2.20 bits per heavy atom. The van der Waals surface area contributed by atoms with E-state index in [1.807, 2.05) is 26.8 Å². The molecule has 0 saturated heterocycles. The van der Waals surface area contributed by atoms with Crippen molar-refractivity contribution in [1.82, 2.24) is 15.0 Å². The van der Waals surface area contributed by atoms with Crippen LogP contribution in [0.15, 0.2) is 24.3 Å². The Labute approximate surface area is 117 Å². The minimum absolute atomic E-state index is 0.150. The van der Waals surface area contributed by atoms with Crippen LogP contribution in [0.1, 0.15) is 35.6 Å². The molecule has 0 saturated carbocycles. The highest BCUT2D eigenvalue weighted by Crippen LogP contribution is 2.14. The first-order valence-electron chi connectivity index (χ1n) is 6.45. The van der Waals surface area contributed by atoms with Crippen molar-refractivity contribution in [3.8, 4) is 5.69 Å². The van der Waals surface area contributed by atoms with Crippen molar-refractivity contribution < 1.29 is 9.53 Å². The lowest BCUT2D eigenvalue weighted by Gasteiger charge is -2.09. The number of aromatic nitrogens is 3. The van der Waals surface area contributed by atoms with Gasteiger partial charge >= 0.3 is 5.97 Å². The Morgan fingerprint density at radius 1 is 1.45 bits per heavy atom. The summed E-state index contributed by atoms with van der Waals surface area (Å²) in [5.74, 6) is -0.348. The molecule has 6 nitrogen and oxygen atoms in total. The molecule has 1 heterocycles. The smallest absolute Gasteiger partial charge is 0.338 e. The number of rotatable bonds is 4.